The summed E-state index contributed by atoms with van der Waals surface area (Å²) in [4.78, 5) is 17.1. The van der Waals surface area contributed by atoms with Gasteiger partial charge >= 0.3 is 5.97 Å². The van der Waals surface area contributed by atoms with Gasteiger partial charge < -0.3 is 9.64 Å². The van der Waals surface area contributed by atoms with Gasteiger partial charge in [-0.05, 0) is 53.8 Å². The predicted octanol–water partition coefficient (Wildman–Crippen LogP) is 1.33. The van der Waals surface area contributed by atoms with Gasteiger partial charge in [-0.25, -0.2) is 0 Å². The Hall–Kier alpha value is -0.650. The lowest BCUT2D eigenvalue weighted by molar-refractivity contribution is -0.149. The van der Waals surface area contributed by atoms with E-state index in [9.17, 15) is 4.79 Å². The molecule has 0 spiro atoms. The first-order chi connectivity index (χ1) is 9.82. The van der Waals surface area contributed by atoms with Crippen LogP contribution in [-0.2, 0) is 9.53 Å². The fourth-order valence-electron chi connectivity index (χ4n) is 3.33. The van der Waals surface area contributed by atoms with Crippen molar-refractivity contribution in [2.45, 2.75) is 58.2 Å². The Kier molecular flexibility index (Phi) is 7.10. The first-order valence-corrected chi connectivity index (χ1v) is 8.11. The second kappa shape index (κ2) is 8.11. The van der Waals surface area contributed by atoms with Gasteiger partial charge in [0.2, 0.25) is 0 Å². The van der Waals surface area contributed by atoms with E-state index in [2.05, 4.69) is 42.9 Å². The maximum Gasteiger partial charge on any atom is 0.327 e. The number of rotatable bonds is 6. The molecule has 1 aliphatic heterocycles. The Morgan fingerprint density at radius 1 is 1.43 bits per heavy atom. The van der Waals surface area contributed by atoms with Crippen LogP contribution < -0.4 is 5.32 Å². The number of carbonyl (C=O) groups excluding carboxylic acids is 1. The fraction of sp³-hybridized carbons (Fsp3) is 0.938. The Morgan fingerprint density at radius 2 is 2.10 bits per heavy atom. The molecule has 0 aromatic heterocycles. The monoisotopic (exact) mass is 299 g/mol. The Morgan fingerprint density at radius 3 is 2.62 bits per heavy atom. The minimum Gasteiger partial charge on any atom is -0.468 e. The van der Waals surface area contributed by atoms with Crippen LogP contribution in [0.2, 0.25) is 0 Å². The molecule has 0 bridgehead atoms. The van der Waals surface area contributed by atoms with E-state index in [1.807, 2.05) is 6.92 Å². The zero-order valence-electron chi connectivity index (χ0n) is 14.6. The third-order valence-corrected chi connectivity index (χ3v) is 4.26. The summed E-state index contributed by atoms with van der Waals surface area (Å²) in [7, 11) is 3.65. The van der Waals surface area contributed by atoms with E-state index in [-0.39, 0.29) is 12.0 Å². The zero-order valence-corrected chi connectivity index (χ0v) is 14.6. The topological polar surface area (TPSA) is 44.8 Å². The van der Waals surface area contributed by atoms with Crippen LogP contribution in [0.25, 0.3) is 0 Å². The average Bonchev–Trinajstić information content (AvgIpc) is 2.58. The molecular formula is C16H33N3O2. The maximum absolute atomic E-state index is 12.3. The molecule has 2 atom stereocenters. The van der Waals surface area contributed by atoms with Crippen LogP contribution in [0.4, 0.5) is 0 Å². The first kappa shape index (κ1) is 18.4. The van der Waals surface area contributed by atoms with Gasteiger partial charge in [0, 0.05) is 25.2 Å². The SMILES string of the molecule is CCC1CN(C)CCCN1CC(C)(NC(C)C)C(=O)OC. The van der Waals surface area contributed by atoms with Gasteiger partial charge in [-0.2, -0.15) is 0 Å². The van der Waals surface area contributed by atoms with Crippen molar-refractivity contribution in [1.29, 1.82) is 0 Å². The van der Waals surface area contributed by atoms with Crippen LogP contribution in [0.3, 0.4) is 0 Å². The van der Waals surface area contributed by atoms with E-state index < -0.39 is 5.54 Å². The van der Waals surface area contributed by atoms with Gasteiger partial charge in [0.1, 0.15) is 5.54 Å². The normalized spacial score (nSPS) is 24.6. The van der Waals surface area contributed by atoms with Crippen LogP contribution in [-0.4, -0.2) is 73.7 Å². The number of carbonyl (C=O) groups is 1. The summed E-state index contributed by atoms with van der Waals surface area (Å²) in [5, 5.41) is 3.40. The summed E-state index contributed by atoms with van der Waals surface area (Å²) in [6.07, 6.45) is 2.25. The summed E-state index contributed by atoms with van der Waals surface area (Å²) in [6, 6.07) is 0.735. The van der Waals surface area contributed by atoms with Gasteiger partial charge in [0.05, 0.1) is 7.11 Å². The van der Waals surface area contributed by atoms with Crippen molar-refractivity contribution in [2.24, 2.45) is 0 Å². The van der Waals surface area contributed by atoms with Crippen LogP contribution >= 0.6 is 0 Å². The molecule has 0 radical (unpaired) electrons. The van der Waals surface area contributed by atoms with Crippen LogP contribution in [0.1, 0.15) is 40.5 Å². The lowest BCUT2D eigenvalue weighted by Gasteiger charge is -2.38. The highest BCUT2D eigenvalue weighted by atomic mass is 16.5. The molecular weight excluding hydrogens is 266 g/mol. The highest BCUT2D eigenvalue weighted by molar-refractivity contribution is 5.80. The van der Waals surface area contributed by atoms with Crippen molar-refractivity contribution in [3.05, 3.63) is 0 Å². The van der Waals surface area contributed by atoms with Crippen molar-refractivity contribution in [3.63, 3.8) is 0 Å². The van der Waals surface area contributed by atoms with Gasteiger partial charge in [-0.15, -0.1) is 0 Å². The molecule has 21 heavy (non-hydrogen) atoms. The van der Waals surface area contributed by atoms with Crippen molar-refractivity contribution < 1.29 is 9.53 Å². The summed E-state index contributed by atoms with van der Waals surface area (Å²) in [5.74, 6) is -0.177. The average molecular weight is 299 g/mol. The molecule has 1 saturated heterocycles. The molecule has 1 heterocycles. The maximum atomic E-state index is 12.3. The minimum absolute atomic E-state index is 0.177. The van der Waals surface area contributed by atoms with Crippen molar-refractivity contribution >= 4 is 5.97 Å². The first-order valence-electron chi connectivity index (χ1n) is 8.11. The number of ether oxygens (including phenoxy) is 1. The minimum atomic E-state index is -0.654. The van der Waals surface area contributed by atoms with Gasteiger partial charge in [-0.1, -0.05) is 6.92 Å². The quantitative estimate of drug-likeness (QED) is 0.750. The molecule has 1 rings (SSSR count). The lowest BCUT2D eigenvalue weighted by Crippen LogP contribution is -2.61. The highest BCUT2D eigenvalue weighted by Crippen LogP contribution is 2.18. The molecule has 5 nitrogen and oxygen atoms in total. The van der Waals surface area contributed by atoms with E-state index in [1.54, 1.807) is 0 Å². The van der Waals surface area contributed by atoms with Gasteiger partial charge in [0.15, 0.2) is 0 Å². The molecule has 0 saturated carbocycles. The van der Waals surface area contributed by atoms with E-state index in [1.165, 1.54) is 7.11 Å². The second-order valence-corrected chi connectivity index (χ2v) is 6.77. The Labute approximate surface area is 130 Å². The molecule has 0 amide bonds. The molecule has 5 heteroatoms. The number of methoxy groups -OCH3 is 1. The molecule has 1 fully saturated rings. The van der Waals surface area contributed by atoms with Crippen LogP contribution in [0.5, 0.6) is 0 Å². The Bertz CT molecular complexity index is 335. The number of likely N-dealkylation sites (N-methyl/N-ethyl adjacent to an activating group) is 1. The van der Waals surface area contributed by atoms with Crippen molar-refractivity contribution in [3.8, 4) is 0 Å². The summed E-state index contributed by atoms with van der Waals surface area (Å²) in [6.45, 7) is 12.2. The molecule has 124 valence electrons. The smallest absolute Gasteiger partial charge is 0.327 e. The van der Waals surface area contributed by atoms with Gasteiger partial charge in [0.25, 0.3) is 0 Å². The number of nitrogens with zero attached hydrogens (tertiary/aromatic N) is 2. The molecule has 0 aromatic rings. The molecule has 1 aliphatic rings. The number of hydrogen-bond acceptors (Lipinski definition) is 5. The van der Waals surface area contributed by atoms with Crippen LogP contribution in [0.15, 0.2) is 0 Å². The van der Waals surface area contributed by atoms with Crippen LogP contribution in [0, 0.1) is 0 Å². The van der Waals surface area contributed by atoms with Crippen molar-refractivity contribution in [2.75, 3.05) is 40.3 Å². The van der Waals surface area contributed by atoms with Gasteiger partial charge in [-0.3, -0.25) is 15.0 Å². The number of hydrogen-bond donors (Lipinski definition) is 1. The number of esters is 1. The van der Waals surface area contributed by atoms with E-state index in [0.717, 1.165) is 32.5 Å². The third-order valence-electron chi connectivity index (χ3n) is 4.26. The molecule has 0 aromatic carbocycles. The fourth-order valence-corrected chi connectivity index (χ4v) is 3.33. The zero-order chi connectivity index (χ0) is 16.0. The largest absolute Gasteiger partial charge is 0.468 e. The molecule has 1 N–H and O–H groups in total. The van der Waals surface area contributed by atoms with E-state index >= 15 is 0 Å². The number of nitrogens with one attached hydrogen (secondary N) is 1. The summed E-state index contributed by atoms with van der Waals surface area (Å²) >= 11 is 0. The third kappa shape index (κ3) is 5.24. The summed E-state index contributed by atoms with van der Waals surface area (Å²) in [5.41, 5.74) is -0.654. The van der Waals surface area contributed by atoms with E-state index in [4.69, 9.17) is 4.74 Å². The second-order valence-electron chi connectivity index (χ2n) is 6.77. The molecule has 2 unspecified atom stereocenters. The van der Waals surface area contributed by atoms with Crippen molar-refractivity contribution in [1.82, 2.24) is 15.1 Å². The lowest BCUT2D eigenvalue weighted by atomic mass is 9.98. The highest BCUT2D eigenvalue weighted by Gasteiger charge is 2.38. The summed E-state index contributed by atoms with van der Waals surface area (Å²) < 4.78 is 5.04. The van der Waals surface area contributed by atoms with E-state index in [0.29, 0.717) is 12.6 Å². The molecule has 0 aliphatic carbocycles. The Balaban J connectivity index is 2.86. The predicted molar refractivity (Wildman–Crippen MR) is 86.5 cm³/mol. The standard InChI is InChI=1S/C16H33N3O2/c1-7-14-11-18(5)9-8-10-19(14)12-16(4,15(20)21-6)17-13(2)3/h13-14,17H,7-12H2,1-6H3.